The normalized spacial score (nSPS) is 11.0. The third kappa shape index (κ3) is 4.94. The van der Waals surface area contributed by atoms with Crippen molar-refractivity contribution in [1.29, 1.82) is 0 Å². The molecule has 1 amide bonds. The van der Waals surface area contributed by atoms with Crippen LogP contribution in [0.5, 0.6) is 0 Å². The van der Waals surface area contributed by atoms with E-state index in [2.05, 4.69) is 5.32 Å². The van der Waals surface area contributed by atoms with E-state index >= 15 is 0 Å². The van der Waals surface area contributed by atoms with E-state index < -0.39 is 0 Å². The van der Waals surface area contributed by atoms with E-state index in [4.69, 9.17) is 0 Å². The molecule has 2 heterocycles. The van der Waals surface area contributed by atoms with Gasteiger partial charge in [-0.3, -0.25) is 9.59 Å². The lowest BCUT2D eigenvalue weighted by atomic mass is 10.2. The summed E-state index contributed by atoms with van der Waals surface area (Å²) in [5, 5.41) is 6.59. The molecule has 0 aliphatic rings. The summed E-state index contributed by atoms with van der Waals surface area (Å²) in [6, 6.07) is 13.5. The Bertz CT molecular complexity index is 909. The molecular formula is C20H17NO2S3. The van der Waals surface area contributed by atoms with Gasteiger partial charge in [0, 0.05) is 26.8 Å². The van der Waals surface area contributed by atoms with Crippen molar-refractivity contribution in [2.24, 2.45) is 0 Å². The van der Waals surface area contributed by atoms with E-state index in [0.29, 0.717) is 17.0 Å². The molecule has 0 bridgehead atoms. The van der Waals surface area contributed by atoms with E-state index in [0.717, 1.165) is 10.4 Å². The van der Waals surface area contributed by atoms with Gasteiger partial charge in [-0.2, -0.15) is 11.3 Å². The molecule has 0 saturated carbocycles. The van der Waals surface area contributed by atoms with Crippen molar-refractivity contribution in [1.82, 2.24) is 5.32 Å². The monoisotopic (exact) mass is 399 g/mol. The molecular weight excluding hydrogens is 382 g/mol. The maximum absolute atomic E-state index is 12.3. The topological polar surface area (TPSA) is 46.2 Å². The molecule has 0 spiro atoms. The standard InChI is InChI=1S/C20H17NO2S3/c1-24-16-5-2-14(3-6-16)4-9-19(22)21-12-17-7-8-18(26-17)20(23)15-10-11-25-13-15/h2-11,13H,12H2,1H3,(H,21,22)/b9-4+. The molecule has 3 nitrogen and oxygen atoms in total. The van der Waals surface area contributed by atoms with E-state index in [-0.39, 0.29) is 11.7 Å². The molecule has 6 heteroatoms. The highest BCUT2D eigenvalue weighted by Crippen LogP contribution is 2.21. The first-order valence-electron chi connectivity index (χ1n) is 7.91. The van der Waals surface area contributed by atoms with Gasteiger partial charge >= 0.3 is 0 Å². The van der Waals surface area contributed by atoms with Gasteiger partial charge in [-0.1, -0.05) is 12.1 Å². The quantitative estimate of drug-likeness (QED) is 0.342. The van der Waals surface area contributed by atoms with Crippen LogP contribution in [0.25, 0.3) is 6.08 Å². The van der Waals surface area contributed by atoms with Crippen LogP contribution in [0, 0.1) is 0 Å². The average molecular weight is 400 g/mol. The van der Waals surface area contributed by atoms with Gasteiger partial charge in [0.05, 0.1) is 11.4 Å². The van der Waals surface area contributed by atoms with Crippen molar-refractivity contribution < 1.29 is 9.59 Å². The fraction of sp³-hybridized carbons (Fsp3) is 0.100. The number of carbonyl (C=O) groups is 2. The molecule has 3 aromatic rings. The number of hydrogen-bond acceptors (Lipinski definition) is 5. The van der Waals surface area contributed by atoms with Crippen LogP contribution in [0.1, 0.15) is 25.7 Å². The van der Waals surface area contributed by atoms with Gasteiger partial charge in [0.2, 0.25) is 11.7 Å². The highest BCUT2D eigenvalue weighted by atomic mass is 32.2. The number of amides is 1. The maximum atomic E-state index is 12.3. The van der Waals surface area contributed by atoms with Gasteiger partial charge in [0.15, 0.2) is 0 Å². The van der Waals surface area contributed by atoms with E-state index in [9.17, 15) is 9.59 Å². The fourth-order valence-corrected chi connectivity index (χ4v) is 4.20. The van der Waals surface area contributed by atoms with Crippen LogP contribution in [-0.4, -0.2) is 17.9 Å². The second-order valence-electron chi connectivity index (χ2n) is 5.43. The summed E-state index contributed by atoms with van der Waals surface area (Å²) in [5.41, 5.74) is 1.69. The Hall–Kier alpha value is -2.15. The van der Waals surface area contributed by atoms with Crippen molar-refractivity contribution in [2.75, 3.05) is 6.26 Å². The molecule has 26 heavy (non-hydrogen) atoms. The Labute approximate surface area is 164 Å². The van der Waals surface area contributed by atoms with Crippen molar-refractivity contribution >= 4 is 52.2 Å². The van der Waals surface area contributed by atoms with Crippen LogP contribution >= 0.6 is 34.4 Å². The molecule has 1 aromatic carbocycles. The van der Waals surface area contributed by atoms with Gasteiger partial charge in [-0.05, 0) is 53.6 Å². The summed E-state index contributed by atoms with van der Waals surface area (Å²) in [6.07, 6.45) is 5.35. The molecule has 0 unspecified atom stereocenters. The van der Waals surface area contributed by atoms with Crippen LogP contribution in [0.2, 0.25) is 0 Å². The lowest BCUT2D eigenvalue weighted by molar-refractivity contribution is -0.116. The van der Waals surface area contributed by atoms with Crippen LogP contribution in [0.3, 0.4) is 0 Å². The largest absolute Gasteiger partial charge is 0.348 e. The van der Waals surface area contributed by atoms with Gasteiger partial charge in [-0.25, -0.2) is 0 Å². The SMILES string of the molecule is CSc1ccc(/C=C/C(=O)NCc2ccc(C(=O)c3ccsc3)s2)cc1. The molecule has 2 aromatic heterocycles. The second kappa shape index (κ2) is 8.98. The Morgan fingerprint density at radius 1 is 1.12 bits per heavy atom. The van der Waals surface area contributed by atoms with Gasteiger partial charge < -0.3 is 5.32 Å². The summed E-state index contributed by atoms with van der Waals surface area (Å²) >= 11 is 4.61. The average Bonchev–Trinajstić information content (AvgIpc) is 3.36. The number of benzene rings is 1. The van der Waals surface area contributed by atoms with Crippen LogP contribution < -0.4 is 5.32 Å². The number of nitrogens with one attached hydrogen (secondary N) is 1. The van der Waals surface area contributed by atoms with Crippen molar-refractivity contribution in [3.63, 3.8) is 0 Å². The predicted octanol–water partition coefficient (Wildman–Crippen LogP) is 5.09. The molecule has 0 aliphatic heterocycles. The Morgan fingerprint density at radius 3 is 2.62 bits per heavy atom. The van der Waals surface area contributed by atoms with Gasteiger partial charge in [-0.15, -0.1) is 23.1 Å². The zero-order valence-electron chi connectivity index (χ0n) is 14.1. The maximum Gasteiger partial charge on any atom is 0.244 e. The Kier molecular flexibility index (Phi) is 6.44. The number of hydrogen-bond donors (Lipinski definition) is 1. The van der Waals surface area contributed by atoms with Crippen LogP contribution in [0.15, 0.2) is 64.2 Å². The summed E-state index contributed by atoms with van der Waals surface area (Å²) in [6.45, 7) is 0.413. The second-order valence-corrected chi connectivity index (χ2v) is 8.26. The first-order chi connectivity index (χ1) is 12.7. The summed E-state index contributed by atoms with van der Waals surface area (Å²) < 4.78 is 0. The third-order valence-corrected chi connectivity index (χ3v) is 6.16. The third-order valence-electron chi connectivity index (χ3n) is 3.65. The first kappa shape index (κ1) is 18.6. The minimum atomic E-state index is -0.155. The van der Waals surface area contributed by atoms with E-state index in [1.54, 1.807) is 17.8 Å². The highest BCUT2D eigenvalue weighted by Gasteiger charge is 2.12. The molecule has 0 radical (unpaired) electrons. The van der Waals surface area contributed by atoms with Gasteiger partial charge in [0.1, 0.15) is 0 Å². The Morgan fingerprint density at radius 2 is 1.92 bits per heavy atom. The zero-order valence-corrected chi connectivity index (χ0v) is 16.5. The number of ketones is 1. The molecule has 3 rings (SSSR count). The van der Waals surface area contributed by atoms with Crippen LogP contribution in [-0.2, 0) is 11.3 Å². The number of thiophene rings is 2. The molecule has 0 aliphatic carbocycles. The van der Waals surface area contributed by atoms with Crippen molar-refractivity contribution in [3.05, 3.63) is 80.2 Å². The minimum Gasteiger partial charge on any atom is -0.348 e. The molecule has 0 atom stereocenters. The lowest BCUT2D eigenvalue weighted by Gasteiger charge is -2.00. The summed E-state index contributed by atoms with van der Waals surface area (Å²) in [7, 11) is 0. The number of thioether (sulfide) groups is 1. The minimum absolute atomic E-state index is 0.0300. The molecule has 0 fully saturated rings. The lowest BCUT2D eigenvalue weighted by Crippen LogP contribution is -2.19. The van der Waals surface area contributed by atoms with E-state index in [1.807, 2.05) is 59.5 Å². The molecule has 1 N–H and O–H groups in total. The predicted molar refractivity (Wildman–Crippen MR) is 111 cm³/mol. The highest BCUT2D eigenvalue weighted by molar-refractivity contribution is 7.98. The Balaban J connectivity index is 1.53. The van der Waals surface area contributed by atoms with Crippen molar-refractivity contribution in [3.8, 4) is 0 Å². The van der Waals surface area contributed by atoms with E-state index in [1.165, 1.54) is 33.6 Å². The number of rotatable bonds is 7. The summed E-state index contributed by atoms with van der Waals surface area (Å²) in [5.74, 6) is -0.125. The fourth-order valence-electron chi connectivity index (χ4n) is 2.25. The smallest absolute Gasteiger partial charge is 0.244 e. The molecule has 0 saturated heterocycles. The summed E-state index contributed by atoms with van der Waals surface area (Å²) in [4.78, 5) is 27.1. The van der Waals surface area contributed by atoms with Gasteiger partial charge in [0.25, 0.3) is 0 Å². The molecule has 132 valence electrons. The zero-order chi connectivity index (χ0) is 18.4. The van der Waals surface area contributed by atoms with Crippen LogP contribution in [0.4, 0.5) is 0 Å². The first-order valence-corrected chi connectivity index (χ1v) is 10.9. The number of carbonyl (C=O) groups excluding carboxylic acids is 2. The van der Waals surface area contributed by atoms with Crippen molar-refractivity contribution in [2.45, 2.75) is 11.4 Å².